The Labute approximate surface area is 145 Å². The smallest absolute Gasteiger partial charge is 0.222 e. The summed E-state index contributed by atoms with van der Waals surface area (Å²) in [6, 6.07) is 7.22. The monoisotopic (exact) mass is 334 g/mol. The van der Waals surface area contributed by atoms with E-state index in [0.29, 0.717) is 0 Å². The van der Waals surface area contributed by atoms with Crippen LogP contribution in [0.1, 0.15) is 64.5 Å². The number of hydrogen-bond donors (Lipinski definition) is 2. The molecule has 0 spiro atoms. The van der Waals surface area contributed by atoms with E-state index < -0.39 is 0 Å². The van der Waals surface area contributed by atoms with Crippen molar-refractivity contribution in [3.8, 4) is 5.75 Å². The van der Waals surface area contributed by atoms with Gasteiger partial charge in [-0.3, -0.25) is 9.59 Å². The van der Waals surface area contributed by atoms with Crippen molar-refractivity contribution in [2.75, 3.05) is 7.11 Å². The molecule has 5 nitrogen and oxygen atoms in total. The lowest BCUT2D eigenvalue weighted by atomic mass is 10.0. The normalized spacial score (nSPS) is 13.0. The molecule has 0 bridgehead atoms. The van der Waals surface area contributed by atoms with Crippen LogP contribution in [0.25, 0.3) is 0 Å². The average Bonchev–Trinajstić information content (AvgIpc) is 2.54. The maximum atomic E-state index is 12.3. The summed E-state index contributed by atoms with van der Waals surface area (Å²) in [6.45, 7) is 5.65. The van der Waals surface area contributed by atoms with Gasteiger partial charge in [0.15, 0.2) is 0 Å². The van der Waals surface area contributed by atoms with Crippen molar-refractivity contribution in [3.63, 3.8) is 0 Å². The minimum absolute atomic E-state index is 0.0476. The molecule has 1 rings (SSSR count). The quantitative estimate of drug-likeness (QED) is 0.645. The second-order valence-electron chi connectivity index (χ2n) is 6.19. The van der Waals surface area contributed by atoms with Gasteiger partial charge in [-0.05, 0) is 31.0 Å². The van der Waals surface area contributed by atoms with Crippen LogP contribution in [0.3, 0.4) is 0 Å². The zero-order valence-corrected chi connectivity index (χ0v) is 15.2. The summed E-state index contributed by atoms with van der Waals surface area (Å²) in [5, 5.41) is 5.87. The molecule has 0 heterocycles. The van der Waals surface area contributed by atoms with Gasteiger partial charge in [-0.25, -0.2) is 0 Å². The van der Waals surface area contributed by atoms with Crippen LogP contribution in [0, 0.1) is 0 Å². The Morgan fingerprint density at radius 2 is 1.79 bits per heavy atom. The number of benzene rings is 1. The Kier molecular flexibility index (Phi) is 8.90. The highest BCUT2D eigenvalue weighted by molar-refractivity contribution is 5.79. The van der Waals surface area contributed by atoms with E-state index in [1.807, 2.05) is 31.2 Å². The first-order valence-electron chi connectivity index (χ1n) is 8.66. The number of carbonyl (C=O) groups excluding carboxylic acids is 2. The molecule has 0 aliphatic carbocycles. The molecule has 0 unspecified atom stereocenters. The average molecular weight is 334 g/mol. The number of unbranched alkanes of at least 4 members (excludes halogenated alkanes) is 2. The molecule has 0 aromatic heterocycles. The lowest BCUT2D eigenvalue weighted by Crippen LogP contribution is -2.36. The molecule has 0 saturated heterocycles. The summed E-state index contributed by atoms with van der Waals surface area (Å²) in [4.78, 5) is 23.7. The van der Waals surface area contributed by atoms with E-state index in [-0.39, 0.29) is 30.3 Å². The molecule has 0 saturated carbocycles. The maximum Gasteiger partial charge on any atom is 0.222 e. The first-order valence-corrected chi connectivity index (χ1v) is 8.66. The highest BCUT2D eigenvalue weighted by atomic mass is 16.5. The van der Waals surface area contributed by atoms with Gasteiger partial charge in [-0.1, -0.05) is 38.3 Å². The zero-order valence-electron chi connectivity index (χ0n) is 15.2. The Hall–Kier alpha value is -2.04. The molecular weight excluding hydrogens is 304 g/mol. The molecule has 0 radical (unpaired) electrons. The fourth-order valence-corrected chi connectivity index (χ4v) is 2.63. The van der Waals surface area contributed by atoms with Crippen molar-refractivity contribution in [2.24, 2.45) is 0 Å². The van der Waals surface area contributed by atoms with Crippen molar-refractivity contribution < 1.29 is 14.3 Å². The van der Waals surface area contributed by atoms with Gasteiger partial charge in [0, 0.05) is 13.0 Å². The SMILES string of the molecule is CCCCC[C@H](C)NC(=O)C[C@@H](NC(C)=O)c1ccc(OC)cc1. The number of carbonyl (C=O) groups is 2. The minimum Gasteiger partial charge on any atom is -0.497 e. The highest BCUT2D eigenvalue weighted by Gasteiger charge is 2.18. The molecule has 2 N–H and O–H groups in total. The molecule has 24 heavy (non-hydrogen) atoms. The van der Waals surface area contributed by atoms with Crippen LogP contribution in [0.15, 0.2) is 24.3 Å². The van der Waals surface area contributed by atoms with E-state index in [4.69, 9.17) is 4.74 Å². The van der Waals surface area contributed by atoms with Crippen molar-refractivity contribution in [1.82, 2.24) is 10.6 Å². The zero-order chi connectivity index (χ0) is 17.9. The van der Waals surface area contributed by atoms with Gasteiger partial charge in [-0.15, -0.1) is 0 Å². The fourth-order valence-electron chi connectivity index (χ4n) is 2.63. The van der Waals surface area contributed by atoms with E-state index in [9.17, 15) is 9.59 Å². The molecule has 134 valence electrons. The van der Waals surface area contributed by atoms with Crippen LogP contribution in [0.5, 0.6) is 5.75 Å². The van der Waals surface area contributed by atoms with Crippen LogP contribution in [-0.4, -0.2) is 25.0 Å². The molecule has 0 fully saturated rings. The van der Waals surface area contributed by atoms with Crippen LogP contribution in [-0.2, 0) is 9.59 Å². The van der Waals surface area contributed by atoms with Crippen LogP contribution in [0.4, 0.5) is 0 Å². The van der Waals surface area contributed by atoms with Crippen LogP contribution in [0.2, 0.25) is 0 Å². The summed E-state index contributed by atoms with van der Waals surface area (Å²) < 4.78 is 5.14. The molecule has 2 amide bonds. The van der Waals surface area contributed by atoms with E-state index in [1.165, 1.54) is 19.8 Å². The van der Waals surface area contributed by atoms with Gasteiger partial charge in [0.25, 0.3) is 0 Å². The highest BCUT2D eigenvalue weighted by Crippen LogP contribution is 2.20. The fraction of sp³-hybridized carbons (Fsp3) is 0.579. The van der Waals surface area contributed by atoms with Crippen LogP contribution < -0.4 is 15.4 Å². The Morgan fingerprint density at radius 3 is 2.33 bits per heavy atom. The summed E-state index contributed by atoms with van der Waals surface area (Å²) in [7, 11) is 1.60. The predicted molar refractivity (Wildman–Crippen MR) is 95.9 cm³/mol. The van der Waals surface area contributed by atoms with E-state index in [0.717, 1.165) is 24.2 Å². The van der Waals surface area contributed by atoms with Gasteiger partial charge in [0.1, 0.15) is 5.75 Å². The van der Waals surface area contributed by atoms with E-state index in [1.54, 1.807) is 7.11 Å². The van der Waals surface area contributed by atoms with Crippen molar-refractivity contribution >= 4 is 11.8 Å². The van der Waals surface area contributed by atoms with Crippen molar-refractivity contribution in [2.45, 2.75) is 65.0 Å². The number of nitrogens with one attached hydrogen (secondary N) is 2. The van der Waals surface area contributed by atoms with E-state index >= 15 is 0 Å². The standard InChI is InChI=1S/C19H30N2O3/c1-5-6-7-8-14(2)20-19(23)13-18(21-15(3)22)16-9-11-17(24-4)12-10-16/h9-12,14,18H,5-8,13H2,1-4H3,(H,20,23)(H,21,22)/t14-,18+/m0/s1. The summed E-state index contributed by atoms with van der Waals surface area (Å²) in [5.41, 5.74) is 0.889. The summed E-state index contributed by atoms with van der Waals surface area (Å²) in [6.07, 6.45) is 4.67. The Morgan fingerprint density at radius 1 is 1.12 bits per heavy atom. The first kappa shape index (κ1) is 20.0. The third-order valence-electron chi connectivity index (χ3n) is 3.93. The third-order valence-corrected chi connectivity index (χ3v) is 3.93. The van der Waals surface area contributed by atoms with Gasteiger partial charge >= 0.3 is 0 Å². The van der Waals surface area contributed by atoms with E-state index in [2.05, 4.69) is 17.6 Å². The van der Waals surface area contributed by atoms with Gasteiger partial charge < -0.3 is 15.4 Å². The summed E-state index contributed by atoms with van der Waals surface area (Å²) in [5.74, 6) is 0.544. The number of methoxy groups -OCH3 is 1. The molecule has 5 heteroatoms. The van der Waals surface area contributed by atoms with Gasteiger partial charge in [-0.2, -0.15) is 0 Å². The number of ether oxygens (including phenoxy) is 1. The lowest BCUT2D eigenvalue weighted by molar-refractivity contribution is -0.123. The first-order chi connectivity index (χ1) is 11.5. The van der Waals surface area contributed by atoms with Crippen molar-refractivity contribution in [1.29, 1.82) is 0 Å². The molecule has 0 aliphatic heterocycles. The maximum absolute atomic E-state index is 12.3. The number of amides is 2. The topological polar surface area (TPSA) is 67.4 Å². The largest absolute Gasteiger partial charge is 0.497 e. The molecule has 1 aromatic rings. The Balaban J connectivity index is 2.64. The molecule has 0 aliphatic rings. The van der Waals surface area contributed by atoms with Crippen molar-refractivity contribution in [3.05, 3.63) is 29.8 Å². The molecule has 2 atom stereocenters. The van der Waals surface area contributed by atoms with Gasteiger partial charge in [0.2, 0.25) is 11.8 Å². The predicted octanol–water partition coefficient (Wildman–Crippen LogP) is 3.35. The third kappa shape index (κ3) is 7.49. The minimum atomic E-state index is -0.337. The van der Waals surface area contributed by atoms with Gasteiger partial charge in [0.05, 0.1) is 19.6 Å². The number of hydrogen-bond acceptors (Lipinski definition) is 3. The molecule has 1 aromatic carbocycles. The second kappa shape index (κ2) is 10.7. The molecular formula is C19H30N2O3. The Bertz CT molecular complexity index is 514. The lowest BCUT2D eigenvalue weighted by Gasteiger charge is -2.20. The summed E-state index contributed by atoms with van der Waals surface area (Å²) >= 11 is 0. The number of rotatable bonds is 10. The second-order valence-corrected chi connectivity index (χ2v) is 6.19. The van der Waals surface area contributed by atoms with Crippen LogP contribution >= 0.6 is 0 Å².